The number of hydrogen-bond donors (Lipinski definition) is 1. The van der Waals surface area contributed by atoms with Gasteiger partial charge in [-0.25, -0.2) is 4.39 Å². The van der Waals surface area contributed by atoms with Gasteiger partial charge in [-0.3, -0.25) is 4.90 Å². The van der Waals surface area contributed by atoms with Gasteiger partial charge in [0.05, 0.1) is 5.02 Å². The lowest BCUT2D eigenvalue weighted by molar-refractivity contribution is 0.197. The Morgan fingerprint density at radius 3 is 2.60 bits per heavy atom. The van der Waals surface area contributed by atoms with Crippen molar-refractivity contribution < 1.29 is 4.39 Å². The summed E-state index contributed by atoms with van der Waals surface area (Å²) in [6.07, 6.45) is 3.57. The fraction of sp³-hybridized carbons (Fsp3) is 0.625. The van der Waals surface area contributed by atoms with Crippen LogP contribution < -0.4 is 5.73 Å². The van der Waals surface area contributed by atoms with E-state index in [4.69, 9.17) is 17.3 Å². The number of benzene rings is 1. The molecule has 1 fully saturated rings. The van der Waals surface area contributed by atoms with Crippen LogP contribution in [0, 0.1) is 11.2 Å². The second kappa shape index (κ2) is 6.42. The molecule has 1 aliphatic heterocycles. The van der Waals surface area contributed by atoms with Gasteiger partial charge in [-0.2, -0.15) is 0 Å². The average molecular weight is 299 g/mol. The molecule has 0 spiro atoms. The molecule has 0 aromatic heterocycles. The van der Waals surface area contributed by atoms with Crippen LogP contribution >= 0.6 is 11.6 Å². The summed E-state index contributed by atoms with van der Waals surface area (Å²) in [6.45, 7) is 7.10. The summed E-state index contributed by atoms with van der Waals surface area (Å²) in [7, 11) is 0. The van der Waals surface area contributed by atoms with Crippen molar-refractivity contribution in [3.8, 4) is 0 Å². The molecule has 2 nitrogen and oxygen atoms in total. The monoisotopic (exact) mass is 298 g/mol. The molecule has 1 aromatic rings. The second-order valence-electron chi connectivity index (χ2n) is 5.85. The van der Waals surface area contributed by atoms with Gasteiger partial charge in [0.2, 0.25) is 0 Å². The number of likely N-dealkylation sites (tertiary alicyclic amines) is 1. The molecule has 2 N–H and O–H groups in total. The van der Waals surface area contributed by atoms with Crippen molar-refractivity contribution in [2.24, 2.45) is 11.1 Å². The van der Waals surface area contributed by atoms with Crippen molar-refractivity contribution in [3.63, 3.8) is 0 Å². The fourth-order valence-electron chi connectivity index (χ4n) is 3.28. The molecule has 1 atom stereocenters. The Balaban J connectivity index is 2.19. The minimum absolute atomic E-state index is 0.0849. The van der Waals surface area contributed by atoms with Gasteiger partial charge in [0.25, 0.3) is 0 Å². The van der Waals surface area contributed by atoms with Crippen LogP contribution in [0.25, 0.3) is 0 Å². The van der Waals surface area contributed by atoms with E-state index < -0.39 is 0 Å². The number of nitrogens with two attached hydrogens (primary N) is 1. The molecule has 0 bridgehead atoms. The van der Waals surface area contributed by atoms with E-state index in [2.05, 4.69) is 18.7 Å². The zero-order valence-electron chi connectivity index (χ0n) is 12.3. The molecule has 1 unspecified atom stereocenters. The van der Waals surface area contributed by atoms with Gasteiger partial charge >= 0.3 is 0 Å². The smallest absolute Gasteiger partial charge is 0.142 e. The third-order valence-corrected chi connectivity index (χ3v) is 5.27. The van der Waals surface area contributed by atoms with E-state index in [0.717, 1.165) is 18.7 Å². The first-order valence-electron chi connectivity index (χ1n) is 7.44. The predicted octanol–water partition coefficient (Wildman–Crippen LogP) is 3.99. The van der Waals surface area contributed by atoms with Gasteiger partial charge in [0, 0.05) is 19.1 Å². The lowest BCUT2D eigenvalue weighted by Gasteiger charge is -2.31. The van der Waals surface area contributed by atoms with Crippen LogP contribution in [0.5, 0.6) is 0 Å². The summed E-state index contributed by atoms with van der Waals surface area (Å²) in [5.41, 5.74) is 7.28. The highest BCUT2D eigenvalue weighted by Gasteiger charge is 2.37. The molecule has 2 rings (SSSR count). The second-order valence-corrected chi connectivity index (χ2v) is 6.26. The molecule has 4 heteroatoms. The fourth-order valence-corrected chi connectivity index (χ4v) is 3.40. The minimum Gasteiger partial charge on any atom is -0.329 e. The van der Waals surface area contributed by atoms with Gasteiger partial charge in [0.1, 0.15) is 5.82 Å². The van der Waals surface area contributed by atoms with Crippen molar-refractivity contribution in [1.82, 2.24) is 4.90 Å². The predicted molar refractivity (Wildman–Crippen MR) is 82.4 cm³/mol. The first-order valence-corrected chi connectivity index (χ1v) is 7.82. The van der Waals surface area contributed by atoms with Crippen molar-refractivity contribution >= 4 is 11.6 Å². The number of halogens is 2. The summed E-state index contributed by atoms with van der Waals surface area (Å²) < 4.78 is 13.7. The maximum atomic E-state index is 13.7. The Hall–Kier alpha value is -0.640. The van der Waals surface area contributed by atoms with Crippen LogP contribution in [0.2, 0.25) is 5.02 Å². The standard InChI is InChI=1S/C16H24ClFN2/c1-3-16(4-2)7-8-20(11-16)15(10-19)12-5-6-13(17)14(18)9-12/h5-6,9,15H,3-4,7-8,10-11,19H2,1-2H3. The van der Waals surface area contributed by atoms with Crippen LogP contribution in [0.15, 0.2) is 18.2 Å². The molecule has 0 radical (unpaired) electrons. The van der Waals surface area contributed by atoms with Crippen molar-refractivity contribution in [3.05, 3.63) is 34.6 Å². The van der Waals surface area contributed by atoms with Gasteiger partial charge in [-0.05, 0) is 48.9 Å². The molecule has 1 saturated heterocycles. The number of hydrogen-bond acceptors (Lipinski definition) is 2. The lowest BCUT2D eigenvalue weighted by Crippen LogP contribution is -2.34. The number of nitrogens with zero attached hydrogens (tertiary/aromatic N) is 1. The molecule has 1 heterocycles. The summed E-state index contributed by atoms with van der Waals surface area (Å²) >= 11 is 5.76. The molecule has 20 heavy (non-hydrogen) atoms. The summed E-state index contributed by atoms with van der Waals surface area (Å²) in [4.78, 5) is 2.40. The van der Waals surface area contributed by atoms with Crippen molar-refractivity contribution in [2.75, 3.05) is 19.6 Å². The van der Waals surface area contributed by atoms with Crippen LogP contribution in [-0.2, 0) is 0 Å². The summed E-state index contributed by atoms with van der Waals surface area (Å²) in [5, 5.41) is 0.169. The maximum Gasteiger partial charge on any atom is 0.142 e. The zero-order valence-corrected chi connectivity index (χ0v) is 13.1. The summed E-state index contributed by atoms with van der Waals surface area (Å²) in [6, 6.07) is 5.12. The molecule has 0 saturated carbocycles. The number of rotatable bonds is 5. The Morgan fingerprint density at radius 1 is 1.40 bits per heavy atom. The van der Waals surface area contributed by atoms with E-state index >= 15 is 0 Å². The Morgan fingerprint density at radius 2 is 2.10 bits per heavy atom. The molecule has 112 valence electrons. The molecule has 0 aliphatic carbocycles. The molecule has 1 aromatic carbocycles. The third-order valence-electron chi connectivity index (χ3n) is 4.96. The molecule has 1 aliphatic rings. The quantitative estimate of drug-likeness (QED) is 0.890. The highest BCUT2D eigenvalue weighted by atomic mass is 35.5. The third kappa shape index (κ3) is 3.00. The highest BCUT2D eigenvalue weighted by Crippen LogP contribution is 2.40. The maximum absolute atomic E-state index is 13.7. The van der Waals surface area contributed by atoms with Gasteiger partial charge < -0.3 is 5.73 Å². The lowest BCUT2D eigenvalue weighted by atomic mass is 9.82. The molecular formula is C16H24ClFN2. The topological polar surface area (TPSA) is 29.3 Å². The summed E-state index contributed by atoms with van der Waals surface area (Å²) in [5.74, 6) is -0.362. The average Bonchev–Trinajstić information content (AvgIpc) is 2.88. The van der Waals surface area contributed by atoms with Gasteiger partial charge in [0.15, 0.2) is 0 Å². The van der Waals surface area contributed by atoms with Crippen LogP contribution in [0.3, 0.4) is 0 Å². The Kier molecular flexibility index (Phi) is 5.05. The van der Waals surface area contributed by atoms with Gasteiger partial charge in [-0.1, -0.05) is 31.5 Å². The zero-order chi connectivity index (χ0) is 14.8. The Bertz CT molecular complexity index is 460. The molecule has 0 amide bonds. The SMILES string of the molecule is CCC1(CC)CCN(C(CN)c2ccc(Cl)c(F)c2)C1. The van der Waals surface area contributed by atoms with E-state index in [0.29, 0.717) is 12.0 Å². The first kappa shape index (κ1) is 15.7. The van der Waals surface area contributed by atoms with E-state index in [-0.39, 0.29) is 16.9 Å². The minimum atomic E-state index is -0.362. The van der Waals surface area contributed by atoms with Crippen LogP contribution in [-0.4, -0.2) is 24.5 Å². The van der Waals surface area contributed by atoms with Gasteiger partial charge in [-0.15, -0.1) is 0 Å². The first-order chi connectivity index (χ1) is 9.55. The van der Waals surface area contributed by atoms with E-state index in [1.165, 1.54) is 25.3 Å². The van der Waals surface area contributed by atoms with Crippen molar-refractivity contribution in [1.29, 1.82) is 0 Å². The van der Waals surface area contributed by atoms with Crippen molar-refractivity contribution in [2.45, 2.75) is 39.2 Å². The largest absolute Gasteiger partial charge is 0.329 e. The van der Waals surface area contributed by atoms with E-state index in [1.807, 2.05) is 6.07 Å². The molecular weight excluding hydrogens is 275 g/mol. The highest BCUT2D eigenvalue weighted by molar-refractivity contribution is 6.30. The van der Waals surface area contributed by atoms with E-state index in [1.54, 1.807) is 6.07 Å². The normalized spacial score (nSPS) is 20.2. The Labute approximate surface area is 126 Å². The van der Waals surface area contributed by atoms with Crippen LogP contribution in [0.4, 0.5) is 4.39 Å². The van der Waals surface area contributed by atoms with E-state index in [9.17, 15) is 4.39 Å². The van der Waals surface area contributed by atoms with Crippen LogP contribution in [0.1, 0.15) is 44.7 Å².